The number of benzene rings is 2. The van der Waals surface area contributed by atoms with E-state index in [1.54, 1.807) is 38.8 Å². The van der Waals surface area contributed by atoms with Gasteiger partial charge in [0.1, 0.15) is 23.8 Å². The van der Waals surface area contributed by atoms with Crippen LogP contribution in [0, 0.1) is 12.8 Å². The van der Waals surface area contributed by atoms with Gasteiger partial charge in [-0.15, -0.1) is 12.8 Å². The van der Waals surface area contributed by atoms with Crippen LogP contribution >= 0.6 is 23.2 Å². The van der Waals surface area contributed by atoms with Crippen LogP contribution in [-0.2, 0) is 20.9 Å². The minimum atomic E-state index is -1.91. The molecule has 1 aliphatic carbocycles. The molecule has 3 N–H and O–H groups in total. The number of rotatable bonds is 10. The molecule has 1 fully saturated rings. The third kappa shape index (κ3) is 15.5. The van der Waals surface area contributed by atoms with Crippen molar-refractivity contribution in [3.8, 4) is 18.6 Å². The first kappa shape index (κ1) is 47.8. The van der Waals surface area contributed by atoms with Gasteiger partial charge in [-0.25, -0.2) is 9.73 Å². The molecule has 51 heavy (non-hydrogen) atoms. The molecule has 10 nitrogen and oxygen atoms in total. The van der Waals surface area contributed by atoms with Gasteiger partial charge in [0.15, 0.2) is 0 Å². The number of carbonyl (C=O) groups is 1. The Morgan fingerprint density at radius 3 is 2.25 bits per heavy atom. The number of anilines is 1. The molecule has 2 aromatic rings. The Hall–Kier alpha value is -3.24. The number of hydrazine groups is 1. The zero-order valence-corrected chi connectivity index (χ0v) is 34.7. The van der Waals surface area contributed by atoms with E-state index in [1.165, 1.54) is 11.1 Å². The molecule has 0 radical (unpaired) electrons. The van der Waals surface area contributed by atoms with E-state index in [1.807, 2.05) is 39.6 Å². The number of fused-ring (bicyclic) bond motifs is 1. The number of aliphatic imine (C=N–C) groups is 1. The van der Waals surface area contributed by atoms with E-state index in [2.05, 4.69) is 89.2 Å². The SMILES string of the molecule is C#C.C=S(C)(=O)NC.CC.CC.COc1cc(C(=O)NN2CCN(C)CC2)c(Cl)cc1NC/N=C\C(Cl)=C(/C)OC1(C)Cc2ccccc2C1C. The lowest BCUT2D eigenvalue weighted by atomic mass is 9.91. The zero-order valence-electron chi connectivity index (χ0n) is 32.4. The first-order valence-corrected chi connectivity index (χ1v) is 19.9. The Morgan fingerprint density at radius 1 is 1.16 bits per heavy atom. The van der Waals surface area contributed by atoms with E-state index < -0.39 is 9.71 Å². The van der Waals surface area contributed by atoms with Crippen LogP contribution in [0.5, 0.6) is 5.75 Å². The van der Waals surface area contributed by atoms with Gasteiger partial charge >= 0.3 is 0 Å². The molecule has 13 heteroatoms. The summed E-state index contributed by atoms with van der Waals surface area (Å²) in [5.74, 6) is 4.39. The van der Waals surface area contributed by atoms with Crippen molar-refractivity contribution in [3.05, 3.63) is 68.9 Å². The fourth-order valence-electron chi connectivity index (χ4n) is 5.00. The minimum Gasteiger partial charge on any atom is -0.495 e. The maximum absolute atomic E-state index is 12.8. The van der Waals surface area contributed by atoms with Crippen molar-refractivity contribution in [2.45, 2.75) is 66.4 Å². The molecule has 0 spiro atoms. The molecular weight excluding hydrogens is 707 g/mol. The van der Waals surface area contributed by atoms with E-state index in [9.17, 15) is 9.00 Å². The molecule has 2 aliphatic rings. The number of hydrogen-bond acceptors (Lipinski definition) is 8. The highest BCUT2D eigenvalue weighted by Crippen LogP contribution is 2.44. The maximum atomic E-state index is 12.8. The lowest BCUT2D eigenvalue weighted by Gasteiger charge is -2.32. The molecule has 2 aromatic carbocycles. The first-order chi connectivity index (χ1) is 24.2. The third-order valence-corrected chi connectivity index (χ3v) is 9.54. The lowest BCUT2D eigenvalue weighted by molar-refractivity contribution is 0.00933. The summed E-state index contributed by atoms with van der Waals surface area (Å²) in [4.78, 5) is 19.5. The molecule has 286 valence electrons. The van der Waals surface area contributed by atoms with Crippen molar-refractivity contribution in [3.63, 3.8) is 0 Å². The Morgan fingerprint density at radius 2 is 1.73 bits per heavy atom. The fourth-order valence-corrected chi connectivity index (χ4v) is 5.36. The number of hydrogen-bond donors (Lipinski definition) is 3. The molecule has 0 bridgehead atoms. The van der Waals surface area contributed by atoms with Gasteiger partial charge in [0, 0.05) is 60.7 Å². The number of methoxy groups -OCH3 is 1. The third-order valence-electron chi connectivity index (χ3n) is 8.00. The van der Waals surface area contributed by atoms with Crippen LogP contribution in [0.3, 0.4) is 0 Å². The Balaban J connectivity index is 0.00000184. The number of allylic oxidation sites excluding steroid dienone is 2. The number of terminal acetylenes is 1. The van der Waals surface area contributed by atoms with Crippen LogP contribution in [0.1, 0.15) is 75.9 Å². The molecule has 1 amide bonds. The smallest absolute Gasteiger partial charge is 0.267 e. The van der Waals surface area contributed by atoms with Gasteiger partial charge in [0.05, 0.1) is 28.4 Å². The van der Waals surface area contributed by atoms with Crippen LogP contribution in [-0.4, -0.2) is 98.0 Å². The van der Waals surface area contributed by atoms with Crippen molar-refractivity contribution in [1.29, 1.82) is 0 Å². The number of nitrogens with one attached hydrogen (secondary N) is 3. The van der Waals surface area contributed by atoms with Gasteiger partial charge in [0.25, 0.3) is 5.91 Å². The van der Waals surface area contributed by atoms with Crippen molar-refractivity contribution in [1.82, 2.24) is 20.1 Å². The Labute approximate surface area is 318 Å². The van der Waals surface area contributed by atoms with E-state index in [4.69, 9.17) is 32.7 Å². The number of likely N-dealkylation sites (N-methyl/N-ethyl adjacent to an activating group) is 1. The molecular formula is C38H60Cl2N6O4S. The molecule has 0 saturated carbocycles. The lowest BCUT2D eigenvalue weighted by Crippen LogP contribution is -2.52. The molecule has 1 heterocycles. The summed E-state index contributed by atoms with van der Waals surface area (Å²) >= 11 is 13.0. The fraction of sp³-hybridized carbons (Fsp3) is 0.500. The van der Waals surface area contributed by atoms with Crippen LogP contribution in [0.25, 0.3) is 0 Å². The first-order valence-electron chi connectivity index (χ1n) is 17.0. The number of piperazine rings is 1. The Kier molecular flexibility index (Phi) is 22.6. The van der Waals surface area contributed by atoms with Crippen LogP contribution in [0.4, 0.5) is 5.69 Å². The quantitative estimate of drug-likeness (QED) is 0.103. The predicted octanol–water partition coefficient (Wildman–Crippen LogP) is 7.06. The summed E-state index contributed by atoms with van der Waals surface area (Å²) in [6, 6.07) is 11.7. The van der Waals surface area contributed by atoms with E-state index in [-0.39, 0.29) is 24.1 Å². The number of carbonyl (C=O) groups excluding carboxylic acids is 1. The molecule has 3 atom stereocenters. The topological polar surface area (TPSA) is 108 Å². The highest BCUT2D eigenvalue weighted by molar-refractivity contribution is 7.97. The standard InChI is InChI=1S/C29H37Cl2N5O3.C3H9NOS.2C2H6.C2H2/c1-19-22-9-7-6-8-21(22)16-29(19,3)39-20(2)25(31)17-32-18-33-26-15-24(30)23(14-27(26)38-5)28(37)34-36-12-10-35(4)11-13-36;1-4-6(2,3)5;3*1-2/h6-9,14-15,17,19,33H,10-13,16,18H2,1-5H3,(H,34,37);2H2,1,3H3,(H,4,5);2*1-2H3;1-2H/b25-20-,32-17-;;;;. The molecule has 1 saturated heterocycles. The number of amides is 1. The largest absolute Gasteiger partial charge is 0.495 e. The summed E-state index contributed by atoms with van der Waals surface area (Å²) in [6.45, 7) is 17.7. The molecule has 4 rings (SSSR count). The average molecular weight is 768 g/mol. The van der Waals surface area contributed by atoms with Gasteiger partial charge in [-0.3, -0.25) is 19.4 Å². The van der Waals surface area contributed by atoms with Crippen molar-refractivity contribution in [2.24, 2.45) is 4.99 Å². The second-order valence-electron chi connectivity index (χ2n) is 11.5. The normalized spacial score (nSPS) is 19.7. The van der Waals surface area contributed by atoms with E-state index in [0.29, 0.717) is 32.8 Å². The van der Waals surface area contributed by atoms with Gasteiger partial charge in [0.2, 0.25) is 0 Å². The van der Waals surface area contributed by atoms with Crippen LogP contribution in [0.2, 0.25) is 5.02 Å². The van der Waals surface area contributed by atoms with Gasteiger partial charge in [-0.05, 0) is 57.1 Å². The van der Waals surface area contributed by atoms with Gasteiger partial charge in [-0.2, -0.15) is 0 Å². The molecule has 3 unspecified atom stereocenters. The number of halogens is 2. The number of nitrogens with zero attached hydrogens (tertiary/aromatic N) is 3. The molecule has 1 aliphatic heterocycles. The van der Waals surface area contributed by atoms with E-state index >= 15 is 0 Å². The van der Waals surface area contributed by atoms with E-state index in [0.717, 1.165) is 32.6 Å². The summed E-state index contributed by atoms with van der Waals surface area (Å²) in [5, 5.41) is 5.83. The maximum Gasteiger partial charge on any atom is 0.267 e. The second-order valence-corrected chi connectivity index (χ2v) is 14.8. The predicted molar refractivity (Wildman–Crippen MR) is 221 cm³/mol. The monoisotopic (exact) mass is 766 g/mol. The number of ether oxygens (including phenoxy) is 2. The van der Waals surface area contributed by atoms with Crippen molar-refractivity contribution in [2.75, 3.05) is 65.6 Å². The minimum absolute atomic E-state index is 0.224. The summed E-state index contributed by atoms with van der Waals surface area (Å²) in [7, 11) is 3.31. The van der Waals surface area contributed by atoms with Crippen molar-refractivity contribution < 1.29 is 18.5 Å². The summed E-state index contributed by atoms with van der Waals surface area (Å²) in [5.41, 5.74) is 6.15. The average Bonchev–Trinajstić information content (AvgIpc) is 3.38. The molecule has 0 aromatic heterocycles. The highest BCUT2D eigenvalue weighted by Gasteiger charge is 2.41. The van der Waals surface area contributed by atoms with Crippen molar-refractivity contribution >= 4 is 56.6 Å². The second kappa shape index (κ2) is 24.1. The van der Waals surface area contributed by atoms with Crippen LogP contribution < -0.4 is 20.2 Å². The van der Waals surface area contributed by atoms with Gasteiger partial charge < -0.3 is 19.7 Å². The Bertz CT molecular complexity index is 1560. The van der Waals surface area contributed by atoms with Crippen LogP contribution in [0.15, 0.2) is 52.2 Å². The highest BCUT2D eigenvalue weighted by atomic mass is 35.5. The zero-order chi connectivity index (χ0) is 39.4. The summed E-state index contributed by atoms with van der Waals surface area (Å²) < 4.78 is 24.7. The summed E-state index contributed by atoms with van der Waals surface area (Å²) in [6.07, 6.45) is 12.0. The van der Waals surface area contributed by atoms with Gasteiger partial charge in [-0.1, -0.05) is 82.1 Å².